The number of anilines is 2. The van der Waals surface area contributed by atoms with E-state index in [0.29, 0.717) is 11.0 Å². The summed E-state index contributed by atoms with van der Waals surface area (Å²) in [5.74, 6) is -6.84. The smallest absolute Gasteiger partial charge is 0.326 e. The first-order valence-electron chi connectivity index (χ1n) is 10.5. The van der Waals surface area contributed by atoms with Gasteiger partial charge in [0.1, 0.15) is 17.4 Å². The number of carboxylic acid groups (broad SMARTS) is 2. The van der Waals surface area contributed by atoms with Gasteiger partial charge >= 0.3 is 11.9 Å². The Morgan fingerprint density at radius 1 is 1.17 bits per heavy atom. The van der Waals surface area contributed by atoms with Crippen LogP contribution in [-0.2, 0) is 9.59 Å². The number of benzene rings is 2. The van der Waals surface area contributed by atoms with E-state index in [1.54, 1.807) is 31.2 Å². The summed E-state index contributed by atoms with van der Waals surface area (Å²) in [5.41, 5.74) is 0.0208. The zero-order valence-corrected chi connectivity index (χ0v) is 18.8. The van der Waals surface area contributed by atoms with Crippen molar-refractivity contribution in [1.82, 2.24) is 15.3 Å². The Bertz CT molecular complexity index is 1290. The molecule has 0 radical (unpaired) electrons. The standard InChI is InChI=1S/C23H22F2N4O6/c1-3-29(17-11-26-13-6-4-5-7-14(13)27-17)16-10-12(24)19(21(35-2)20(16)25)22(32)28-15(23(33)34)8-9-18(30)31/h4-7,10-11,15H,3,8-9H2,1-2H3,(H,28,32)(H,30,31)(H,33,34). The monoisotopic (exact) mass is 488 g/mol. The maximum Gasteiger partial charge on any atom is 0.326 e. The van der Waals surface area contributed by atoms with Gasteiger partial charge in [-0.1, -0.05) is 12.1 Å². The molecule has 0 spiro atoms. The number of nitrogens with one attached hydrogen (secondary N) is 1. The Kier molecular flexibility index (Phi) is 7.74. The van der Waals surface area contributed by atoms with Gasteiger partial charge in [-0.3, -0.25) is 14.6 Å². The molecule has 3 aromatic rings. The number of fused-ring (bicyclic) bond motifs is 1. The largest absolute Gasteiger partial charge is 0.493 e. The van der Waals surface area contributed by atoms with Crippen LogP contribution in [0.2, 0.25) is 0 Å². The molecule has 0 aliphatic rings. The number of carbonyl (C=O) groups is 3. The number of rotatable bonds is 10. The SMILES string of the molecule is CCN(c1cnc2ccccc2n1)c1cc(F)c(C(=O)NC(CCC(=O)O)C(=O)O)c(OC)c1F. The first-order valence-corrected chi connectivity index (χ1v) is 10.5. The third kappa shape index (κ3) is 5.42. The summed E-state index contributed by atoms with van der Waals surface area (Å²) >= 11 is 0. The lowest BCUT2D eigenvalue weighted by molar-refractivity contribution is -0.140. The highest BCUT2D eigenvalue weighted by molar-refractivity contribution is 6.00. The molecule has 0 aliphatic heterocycles. The molecule has 0 saturated heterocycles. The fourth-order valence-corrected chi connectivity index (χ4v) is 3.48. The van der Waals surface area contributed by atoms with Gasteiger partial charge in [-0.15, -0.1) is 0 Å². The van der Waals surface area contributed by atoms with Crippen molar-refractivity contribution in [3.8, 4) is 5.75 Å². The summed E-state index contributed by atoms with van der Waals surface area (Å²) in [6, 6.07) is 6.15. The lowest BCUT2D eigenvalue weighted by atomic mass is 10.1. The molecule has 0 aliphatic carbocycles. The van der Waals surface area contributed by atoms with Gasteiger partial charge in [0.15, 0.2) is 17.4 Å². The van der Waals surface area contributed by atoms with Crippen LogP contribution in [0.3, 0.4) is 0 Å². The van der Waals surface area contributed by atoms with E-state index in [4.69, 9.17) is 9.84 Å². The number of carboxylic acids is 2. The van der Waals surface area contributed by atoms with Gasteiger partial charge in [0.05, 0.1) is 30.0 Å². The average molecular weight is 488 g/mol. The van der Waals surface area contributed by atoms with Crippen molar-refractivity contribution in [1.29, 1.82) is 0 Å². The molecule has 1 atom stereocenters. The summed E-state index contributed by atoms with van der Waals surface area (Å²) in [5, 5.41) is 20.0. The van der Waals surface area contributed by atoms with Crippen LogP contribution < -0.4 is 15.0 Å². The van der Waals surface area contributed by atoms with Gasteiger partial charge < -0.3 is 25.2 Å². The molecule has 1 aromatic heterocycles. The van der Waals surface area contributed by atoms with E-state index in [1.165, 1.54) is 11.1 Å². The van der Waals surface area contributed by atoms with Crippen LogP contribution >= 0.6 is 0 Å². The van der Waals surface area contributed by atoms with Crippen molar-refractivity contribution >= 4 is 40.4 Å². The van der Waals surface area contributed by atoms with Gasteiger partial charge in [0, 0.05) is 19.0 Å². The molecule has 1 unspecified atom stereocenters. The van der Waals surface area contributed by atoms with Gasteiger partial charge in [-0.25, -0.2) is 18.6 Å². The minimum atomic E-state index is -1.63. The van der Waals surface area contributed by atoms with Crippen molar-refractivity contribution < 1.29 is 38.1 Å². The van der Waals surface area contributed by atoms with Crippen molar-refractivity contribution in [3.63, 3.8) is 0 Å². The Morgan fingerprint density at radius 3 is 2.46 bits per heavy atom. The number of carbonyl (C=O) groups excluding carboxylic acids is 1. The average Bonchev–Trinajstić information content (AvgIpc) is 2.83. The molecule has 184 valence electrons. The molecule has 1 amide bonds. The predicted molar refractivity (Wildman–Crippen MR) is 121 cm³/mol. The highest BCUT2D eigenvalue weighted by Crippen LogP contribution is 2.36. The second-order valence-corrected chi connectivity index (χ2v) is 7.36. The second kappa shape index (κ2) is 10.7. The Labute approximate surface area is 198 Å². The first-order chi connectivity index (χ1) is 16.7. The maximum atomic E-state index is 15.5. The third-order valence-corrected chi connectivity index (χ3v) is 5.15. The summed E-state index contributed by atoms with van der Waals surface area (Å²) in [6.45, 7) is 1.84. The van der Waals surface area contributed by atoms with Crippen LogP contribution in [0.15, 0.2) is 36.5 Å². The zero-order valence-electron chi connectivity index (χ0n) is 18.8. The van der Waals surface area contributed by atoms with Crippen LogP contribution in [0.1, 0.15) is 30.1 Å². The fourth-order valence-electron chi connectivity index (χ4n) is 3.48. The highest BCUT2D eigenvalue weighted by Gasteiger charge is 2.30. The summed E-state index contributed by atoms with van der Waals surface area (Å²) in [6.07, 6.45) is 0.393. The first kappa shape index (κ1) is 25.3. The van der Waals surface area contributed by atoms with Crippen LogP contribution in [0.25, 0.3) is 11.0 Å². The Morgan fingerprint density at radius 2 is 1.86 bits per heavy atom. The number of nitrogens with zero attached hydrogens (tertiary/aromatic N) is 3. The van der Waals surface area contributed by atoms with Crippen molar-refractivity contribution in [2.24, 2.45) is 0 Å². The minimum absolute atomic E-state index is 0.161. The molecule has 35 heavy (non-hydrogen) atoms. The van der Waals surface area contributed by atoms with Gasteiger partial charge in [-0.2, -0.15) is 0 Å². The van der Waals surface area contributed by atoms with E-state index in [9.17, 15) is 19.5 Å². The topological polar surface area (TPSA) is 142 Å². The van der Waals surface area contributed by atoms with E-state index in [2.05, 4.69) is 9.97 Å². The quantitative estimate of drug-likeness (QED) is 0.392. The third-order valence-electron chi connectivity index (χ3n) is 5.15. The highest BCUT2D eigenvalue weighted by atomic mass is 19.1. The molecule has 2 aromatic carbocycles. The fraction of sp³-hybridized carbons (Fsp3) is 0.261. The molecular formula is C23H22F2N4O6. The molecule has 1 heterocycles. The molecule has 12 heteroatoms. The van der Waals surface area contributed by atoms with E-state index in [0.717, 1.165) is 13.2 Å². The summed E-state index contributed by atoms with van der Waals surface area (Å²) in [7, 11) is 1.03. The Balaban J connectivity index is 2.01. The van der Waals surface area contributed by atoms with Gasteiger partial charge in [0.2, 0.25) is 0 Å². The second-order valence-electron chi connectivity index (χ2n) is 7.36. The van der Waals surface area contributed by atoms with Crippen LogP contribution in [-0.4, -0.2) is 57.7 Å². The van der Waals surface area contributed by atoms with E-state index in [1.807, 2.05) is 5.32 Å². The van der Waals surface area contributed by atoms with Crippen LogP contribution in [0.4, 0.5) is 20.3 Å². The van der Waals surface area contributed by atoms with Crippen molar-refractivity contribution in [2.45, 2.75) is 25.8 Å². The van der Waals surface area contributed by atoms with E-state index < -0.39 is 59.7 Å². The number of hydrogen-bond acceptors (Lipinski definition) is 7. The van der Waals surface area contributed by atoms with Crippen LogP contribution in [0, 0.1) is 11.6 Å². The normalized spacial score (nSPS) is 11.7. The van der Waals surface area contributed by atoms with Gasteiger partial charge in [-0.05, 0) is 25.5 Å². The molecule has 0 saturated carbocycles. The molecule has 0 bridgehead atoms. The lowest BCUT2D eigenvalue weighted by Crippen LogP contribution is -2.41. The number of ether oxygens (including phenoxy) is 1. The maximum absolute atomic E-state index is 15.5. The minimum Gasteiger partial charge on any atom is -0.493 e. The Hall–Kier alpha value is -4.35. The van der Waals surface area contributed by atoms with Crippen LogP contribution in [0.5, 0.6) is 5.75 Å². The summed E-state index contributed by atoms with van der Waals surface area (Å²) < 4.78 is 35.6. The number of para-hydroxylation sites is 2. The summed E-state index contributed by atoms with van der Waals surface area (Å²) in [4.78, 5) is 44.9. The number of hydrogen-bond donors (Lipinski definition) is 3. The number of halogens is 2. The number of aromatic nitrogens is 2. The molecular weight excluding hydrogens is 466 g/mol. The van der Waals surface area contributed by atoms with Crippen molar-refractivity contribution in [2.75, 3.05) is 18.6 Å². The lowest BCUT2D eigenvalue weighted by Gasteiger charge is -2.24. The number of methoxy groups -OCH3 is 1. The zero-order chi connectivity index (χ0) is 25.7. The van der Waals surface area contributed by atoms with Crippen molar-refractivity contribution in [3.05, 3.63) is 53.7 Å². The number of amides is 1. The molecule has 10 nitrogen and oxygen atoms in total. The molecule has 3 N–H and O–H groups in total. The van der Waals surface area contributed by atoms with E-state index >= 15 is 8.78 Å². The number of aliphatic carboxylic acids is 2. The molecule has 3 rings (SSSR count). The predicted octanol–water partition coefficient (Wildman–Crippen LogP) is 3.12. The van der Waals surface area contributed by atoms with E-state index in [-0.39, 0.29) is 18.1 Å². The molecule has 0 fully saturated rings. The van der Waals surface area contributed by atoms with Gasteiger partial charge in [0.25, 0.3) is 5.91 Å².